The largest absolute Gasteiger partial charge is 0.370 e. The van der Waals surface area contributed by atoms with Crippen molar-refractivity contribution in [3.63, 3.8) is 0 Å². The fraction of sp³-hybridized carbons (Fsp3) is 0.533. The van der Waals surface area contributed by atoms with Crippen LogP contribution < -0.4 is 11.1 Å². The number of fused-ring (bicyclic) bond motifs is 1. The molecule has 2 rings (SSSR count). The number of aryl methyl sites for hydroxylation is 2. The molecule has 0 bridgehead atoms. The Morgan fingerprint density at radius 1 is 1.32 bits per heavy atom. The lowest BCUT2D eigenvalue weighted by atomic mass is 10.1. The maximum atomic E-state index is 5.90. The smallest absolute Gasteiger partial charge is 0.193 e. The fourth-order valence-corrected chi connectivity index (χ4v) is 2.89. The molecule has 19 heavy (non-hydrogen) atoms. The molecule has 0 saturated carbocycles. The van der Waals surface area contributed by atoms with Crippen LogP contribution in [0.1, 0.15) is 30.4 Å². The van der Waals surface area contributed by atoms with Crippen LogP contribution in [0.2, 0.25) is 0 Å². The van der Waals surface area contributed by atoms with E-state index in [1.54, 1.807) is 0 Å². The maximum absolute atomic E-state index is 5.90. The van der Waals surface area contributed by atoms with Crippen molar-refractivity contribution in [2.75, 3.05) is 23.9 Å². The summed E-state index contributed by atoms with van der Waals surface area (Å²) in [6.45, 7) is 0.810. The van der Waals surface area contributed by atoms with Crippen LogP contribution in [-0.2, 0) is 12.8 Å². The topological polar surface area (TPSA) is 50.4 Å². The number of aliphatic imine (C=N–C) groups is 1. The molecule has 1 aliphatic carbocycles. The number of rotatable bonds is 6. The van der Waals surface area contributed by atoms with E-state index in [2.05, 4.69) is 34.8 Å². The van der Waals surface area contributed by atoms with Gasteiger partial charge in [-0.3, -0.25) is 4.99 Å². The van der Waals surface area contributed by atoms with Gasteiger partial charge >= 0.3 is 0 Å². The lowest BCUT2D eigenvalue weighted by molar-refractivity contribution is 0.815. The van der Waals surface area contributed by atoms with E-state index in [0.717, 1.165) is 18.7 Å². The highest BCUT2D eigenvalue weighted by Gasteiger charge is 2.10. The summed E-state index contributed by atoms with van der Waals surface area (Å²) in [5.74, 6) is 1.73. The lowest BCUT2D eigenvalue weighted by Crippen LogP contribution is -2.23. The molecule has 4 heteroatoms. The zero-order valence-electron chi connectivity index (χ0n) is 11.6. The van der Waals surface area contributed by atoms with E-state index in [9.17, 15) is 0 Å². The minimum atomic E-state index is 0.530. The number of anilines is 1. The summed E-state index contributed by atoms with van der Waals surface area (Å²) >= 11 is 1.88. The first-order valence-corrected chi connectivity index (χ1v) is 8.36. The molecular formula is C15H23N3S. The van der Waals surface area contributed by atoms with Crippen molar-refractivity contribution < 1.29 is 0 Å². The minimum Gasteiger partial charge on any atom is -0.370 e. The SMILES string of the molecule is CSCCCCN=C(N)Nc1ccc2c(c1)CCC2. The third-order valence-corrected chi connectivity index (χ3v) is 4.11. The third-order valence-electron chi connectivity index (χ3n) is 3.41. The predicted molar refractivity (Wildman–Crippen MR) is 86.2 cm³/mol. The molecule has 0 atom stereocenters. The zero-order chi connectivity index (χ0) is 13.5. The Kier molecular flexibility index (Phi) is 5.58. The van der Waals surface area contributed by atoms with Crippen LogP contribution in [0.15, 0.2) is 23.2 Å². The average Bonchev–Trinajstić information content (AvgIpc) is 2.86. The van der Waals surface area contributed by atoms with Crippen LogP contribution in [-0.4, -0.2) is 24.5 Å². The van der Waals surface area contributed by atoms with Gasteiger partial charge in [0.15, 0.2) is 5.96 Å². The summed E-state index contributed by atoms with van der Waals surface area (Å²) in [5, 5.41) is 3.19. The van der Waals surface area contributed by atoms with Gasteiger partial charge < -0.3 is 11.1 Å². The number of hydrogen-bond donors (Lipinski definition) is 2. The van der Waals surface area contributed by atoms with Crippen molar-refractivity contribution in [2.45, 2.75) is 32.1 Å². The van der Waals surface area contributed by atoms with Gasteiger partial charge in [-0.1, -0.05) is 6.07 Å². The van der Waals surface area contributed by atoms with Crippen molar-refractivity contribution >= 4 is 23.4 Å². The maximum Gasteiger partial charge on any atom is 0.193 e. The van der Waals surface area contributed by atoms with Gasteiger partial charge in [0.1, 0.15) is 0 Å². The van der Waals surface area contributed by atoms with Gasteiger partial charge in [-0.05, 0) is 67.4 Å². The number of hydrogen-bond acceptors (Lipinski definition) is 2. The summed E-state index contributed by atoms with van der Waals surface area (Å²) in [7, 11) is 0. The normalized spacial score (nSPS) is 14.5. The van der Waals surface area contributed by atoms with Crippen LogP contribution in [0.4, 0.5) is 5.69 Å². The number of guanidine groups is 1. The zero-order valence-corrected chi connectivity index (χ0v) is 12.4. The second-order valence-corrected chi connectivity index (χ2v) is 5.91. The highest BCUT2D eigenvalue weighted by atomic mass is 32.2. The number of unbranched alkanes of at least 4 members (excludes halogenated alkanes) is 1. The van der Waals surface area contributed by atoms with Crippen LogP contribution >= 0.6 is 11.8 Å². The first kappa shape index (κ1) is 14.3. The molecular weight excluding hydrogens is 254 g/mol. The summed E-state index contributed by atoms with van der Waals surface area (Å²) in [4.78, 5) is 4.36. The summed E-state index contributed by atoms with van der Waals surface area (Å²) in [6, 6.07) is 6.51. The van der Waals surface area contributed by atoms with Gasteiger partial charge in [-0.2, -0.15) is 11.8 Å². The molecule has 104 valence electrons. The Hall–Kier alpha value is -1.16. The van der Waals surface area contributed by atoms with E-state index < -0.39 is 0 Å². The number of thioether (sulfide) groups is 1. The van der Waals surface area contributed by atoms with Crippen molar-refractivity contribution in [3.8, 4) is 0 Å². The average molecular weight is 277 g/mol. The van der Waals surface area contributed by atoms with E-state index >= 15 is 0 Å². The van der Waals surface area contributed by atoms with Gasteiger partial charge in [0.05, 0.1) is 0 Å². The van der Waals surface area contributed by atoms with Gasteiger partial charge in [-0.25, -0.2) is 0 Å². The molecule has 0 fully saturated rings. The van der Waals surface area contributed by atoms with E-state index in [1.165, 1.54) is 42.6 Å². The molecule has 3 nitrogen and oxygen atoms in total. The highest BCUT2D eigenvalue weighted by Crippen LogP contribution is 2.24. The van der Waals surface area contributed by atoms with Gasteiger partial charge in [-0.15, -0.1) is 0 Å². The van der Waals surface area contributed by atoms with E-state index in [4.69, 9.17) is 5.73 Å². The molecule has 1 aromatic rings. The fourth-order valence-electron chi connectivity index (χ4n) is 2.39. The number of nitrogens with zero attached hydrogens (tertiary/aromatic N) is 1. The molecule has 1 aromatic carbocycles. The first-order valence-electron chi connectivity index (χ1n) is 6.97. The molecule has 0 spiro atoms. The Labute approximate surface area is 120 Å². The second-order valence-electron chi connectivity index (χ2n) is 4.93. The first-order chi connectivity index (χ1) is 9.29. The molecule has 0 aliphatic heterocycles. The lowest BCUT2D eigenvalue weighted by Gasteiger charge is -2.08. The highest BCUT2D eigenvalue weighted by molar-refractivity contribution is 7.98. The van der Waals surface area contributed by atoms with Crippen LogP contribution in [0.3, 0.4) is 0 Å². The van der Waals surface area contributed by atoms with Crippen LogP contribution in [0.25, 0.3) is 0 Å². The van der Waals surface area contributed by atoms with Crippen molar-refractivity contribution in [2.24, 2.45) is 10.7 Å². The molecule has 0 unspecified atom stereocenters. The van der Waals surface area contributed by atoms with Crippen LogP contribution in [0, 0.1) is 0 Å². The van der Waals surface area contributed by atoms with E-state index in [-0.39, 0.29) is 0 Å². The van der Waals surface area contributed by atoms with Gasteiger partial charge in [0, 0.05) is 12.2 Å². The molecule has 3 N–H and O–H groups in total. The number of nitrogens with one attached hydrogen (secondary N) is 1. The standard InChI is InChI=1S/C15H23N3S/c1-19-10-3-2-9-17-15(16)18-14-8-7-12-5-4-6-13(12)11-14/h7-8,11H,2-6,9-10H2,1H3,(H3,16,17,18). The Bertz CT molecular complexity index is 443. The van der Waals surface area contributed by atoms with Crippen molar-refractivity contribution in [3.05, 3.63) is 29.3 Å². The molecule has 0 aromatic heterocycles. The molecule has 0 heterocycles. The monoisotopic (exact) mass is 277 g/mol. The Morgan fingerprint density at radius 2 is 2.16 bits per heavy atom. The summed E-state index contributed by atoms with van der Waals surface area (Å²) in [6.07, 6.45) is 8.13. The van der Waals surface area contributed by atoms with E-state index in [0.29, 0.717) is 5.96 Å². The van der Waals surface area contributed by atoms with E-state index in [1.807, 2.05) is 11.8 Å². The van der Waals surface area contributed by atoms with Gasteiger partial charge in [0.2, 0.25) is 0 Å². The number of nitrogens with two attached hydrogens (primary N) is 1. The van der Waals surface area contributed by atoms with Crippen molar-refractivity contribution in [1.29, 1.82) is 0 Å². The van der Waals surface area contributed by atoms with Crippen molar-refractivity contribution in [1.82, 2.24) is 0 Å². The minimum absolute atomic E-state index is 0.530. The molecule has 0 amide bonds. The molecule has 1 aliphatic rings. The third kappa shape index (κ3) is 4.46. The summed E-state index contributed by atoms with van der Waals surface area (Å²) < 4.78 is 0. The second kappa shape index (κ2) is 7.43. The predicted octanol–water partition coefficient (Wildman–Crippen LogP) is 3.05. The Morgan fingerprint density at radius 3 is 3.00 bits per heavy atom. The Balaban J connectivity index is 1.81. The quantitative estimate of drug-likeness (QED) is 0.477. The molecule has 0 saturated heterocycles. The number of benzene rings is 1. The van der Waals surface area contributed by atoms with Crippen LogP contribution in [0.5, 0.6) is 0 Å². The van der Waals surface area contributed by atoms with Gasteiger partial charge in [0.25, 0.3) is 0 Å². The molecule has 0 radical (unpaired) electrons. The summed E-state index contributed by atoms with van der Waals surface area (Å²) in [5.41, 5.74) is 9.90.